The highest BCUT2D eigenvalue weighted by Gasteiger charge is 2.15. The number of halogens is 1. The van der Waals surface area contributed by atoms with Gasteiger partial charge >= 0.3 is 5.69 Å². The fourth-order valence-corrected chi connectivity index (χ4v) is 3.26. The first-order valence-electron chi connectivity index (χ1n) is 9.62. The zero-order chi connectivity index (χ0) is 22.0. The van der Waals surface area contributed by atoms with E-state index in [1.54, 1.807) is 25.3 Å². The molecule has 0 bridgehead atoms. The highest BCUT2D eigenvalue weighted by Crippen LogP contribution is 2.29. The Morgan fingerprint density at radius 1 is 1.00 bits per heavy atom. The van der Waals surface area contributed by atoms with E-state index >= 15 is 0 Å². The number of tetrazole rings is 1. The molecule has 0 N–H and O–H groups in total. The van der Waals surface area contributed by atoms with E-state index in [-0.39, 0.29) is 18.0 Å². The van der Waals surface area contributed by atoms with Crippen molar-refractivity contribution >= 4 is 0 Å². The van der Waals surface area contributed by atoms with Crippen molar-refractivity contribution in [3.63, 3.8) is 0 Å². The molecule has 4 aromatic rings. The second-order valence-corrected chi connectivity index (χ2v) is 7.03. The Morgan fingerprint density at radius 2 is 1.74 bits per heavy atom. The smallest absolute Gasteiger partial charge is 0.368 e. The van der Waals surface area contributed by atoms with E-state index in [1.165, 1.54) is 17.8 Å². The standard InChI is InChI=1S/C23H21FN4O3/c1-15-5-4-6-21(28-23(29)27(2)25-26-28)19(15)14-31-22-13-17(9-12-20(22)24)16-7-10-18(30-3)11-8-16/h4-13H,14H2,1-3H3. The molecule has 3 aromatic carbocycles. The van der Waals surface area contributed by atoms with E-state index in [0.717, 1.165) is 32.7 Å². The largest absolute Gasteiger partial charge is 0.497 e. The molecule has 0 radical (unpaired) electrons. The molecule has 0 aliphatic heterocycles. The van der Waals surface area contributed by atoms with Crippen LogP contribution in [0.1, 0.15) is 11.1 Å². The third-order valence-corrected chi connectivity index (χ3v) is 5.06. The van der Waals surface area contributed by atoms with Crippen LogP contribution in [-0.2, 0) is 13.7 Å². The van der Waals surface area contributed by atoms with Crippen LogP contribution in [0.5, 0.6) is 11.5 Å². The monoisotopic (exact) mass is 420 g/mol. The van der Waals surface area contributed by atoms with E-state index in [2.05, 4.69) is 10.4 Å². The van der Waals surface area contributed by atoms with Crippen LogP contribution in [0.15, 0.2) is 65.5 Å². The molecule has 0 unspecified atom stereocenters. The highest BCUT2D eigenvalue weighted by molar-refractivity contribution is 5.66. The molecule has 0 amide bonds. The molecule has 31 heavy (non-hydrogen) atoms. The quantitative estimate of drug-likeness (QED) is 0.476. The molecule has 1 aromatic heterocycles. The summed E-state index contributed by atoms with van der Waals surface area (Å²) in [7, 11) is 3.13. The Hall–Kier alpha value is -3.94. The van der Waals surface area contributed by atoms with Crippen molar-refractivity contribution in [3.8, 4) is 28.3 Å². The average Bonchev–Trinajstić information content (AvgIpc) is 3.12. The van der Waals surface area contributed by atoms with E-state index in [9.17, 15) is 9.18 Å². The number of benzene rings is 3. The van der Waals surface area contributed by atoms with Crippen LogP contribution in [0, 0.1) is 12.7 Å². The summed E-state index contributed by atoms with van der Waals surface area (Å²) in [4.78, 5) is 12.3. The van der Waals surface area contributed by atoms with Crippen LogP contribution in [0.25, 0.3) is 16.8 Å². The zero-order valence-corrected chi connectivity index (χ0v) is 17.4. The van der Waals surface area contributed by atoms with Crippen LogP contribution < -0.4 is 15.2 Å². The Bertz CT molecular complexity index is 1280. The van der Waals surface area contributed by atoms with Gasteiger partial charge in [0.1, 0.15) is 12.4 Å². The van der Waals surface area contributed by atoms with Crippen LogP contribution in [0.3, 0.4) is 0 Å². The summed E-state index contributed by atoms with van der Waals surface area (Å²) in [5, 5.41) is 7.67. The van der Waals surface area contributed by atoms with Gasteiger partial charge in [-0.15, -0.1) is 0 Å². The lowest BCUT2D eigenvalue weighted by molar-refractivity contribution is 0.289. The second-order valence-electron chi connectivity index (χ2n) is 7.03. The van der Waals surface area contributed by atoms with Crippen LogP contribution >= 0.6 is 0 Å². The number of hydrogen-bond donors (Lipinski definition) is 0. The van der Waals surface area contributed by atoms with Crippen molar-refractivity contribution in [1.29, 1.82) is 0 Å². The number of nitrogens with zero attached hydrogens (tertiary/aromatic N) is 4. The van der Waals surface area contributed by atoms with Crippen molar-refractivity contribution in [3.05, 3.63) is 88.1 Å². The van der Waals surface area contributed by atoms with E-state index < -0.39 is 5.82 Å². The van der Waals surface area contributed by atoms with Gasteiger partial charge in [-0.2, -0.15) is 9.36 Å². The molecule has 4 rings (SSSR count). The van der Waals surface area contributed by atoms with Gasteiger partial charge in [-0.05, 0) is 64.4 Å². The molecule has 0 fully saturated rings. The summed E-state index contributed by atoms with van der Waals surface area (Å²) in [5.74, 6) is 0.395. The summed E-state index contributed by atoms with van der Waals surface area (Å²) in [6.07, 6.45) is 0. The van der Waals surface area contributed by atoms with Crippen molar-refractivity contribution in [2.24, 2.45) is 7.05 Å². The maximum absolute atomic E-state index is 14.5. The molecule has 1 heterocycles. The molecule has 0 atom stereocenters. The van der Waals surface area contributed by atoms with Crippen molar-refractivity contribution in [2.45, 2.75) is 13.5 Å². The second kappa shape index (κ2) is 8.43. The lowest BCUT2D eigenvalue weighted by Gasteiger charge is -2.14. The predicted molar refractivity (Wildman–Crippen MR) is 114 cm³/mol. The minimum absolute atomic E-state index is 0.0635. The lowest BCUT2D eigenvalue weighted by Crippen LogP contribution is -2.23. The number of aromatic nitrogens is 4. The maximum Gasteiger partial charge on any atom is 0.368 e. The average molecular weight is 420 g/mol. The highest BCUT2D eigenvalue weighted by atomic mass is 19.1. The molecule has 0 saturated carbocycles. The van der Waals surface area contributed by atoms with Crippen LogP contribution in [-0.4, -0.2) is 26.9 Å². The Morgan fingerprint density at radius 3 is 2.42 bits per heavy atom. The Balaban J connectivity index is 1.64. The first kappa shape index (κ1) is 20.3. The van der Waals surface area contributed by atoms with Crippen molar-refractivity contribution in [2.75, 3.05) is 7.11 Å². The number of aryl methyl sites for hydroxylation is 2. The Labute approximate surface area is 178 Å². The van der Waals surface area contributed by atoms with Gasteiger partial charge in [0.15, 0.2) is 11.6 Å². The van der Waals surface area contributed by atoms with E-state index in [0.29, 0.717) is 5.69 Å². The third kappa shape index (κ3) is 4.05. The van der Waals surface area contributed by atoms with Crippen LogP contribution in [0.4, 0.5) is 4.39 Å². The van der Waals surface area contributed by atoms with Gasteiger partial charge in [-0.1, -0.05) is 30.3 Å². The van der Waals surface area contributed by atoms with E-state index in [4.69, 9.17) is 9.47 Å². The van der Waals surface area contributed by atoms with Gasteiger partial charge in [-0.25, -0.2) is 9.18 Å². The first-order chi connectivity index (χ1) is 15.0. The summed E-state index contributed by atoms with van der Waals surface area (Å²) >= 11 is 0. The summed E-state index contributed by atoms with van der Waals surface area (Å²) < 4.78 is 27.9. The van der Waals surface area contributed by atoms with Crippen molar-refractivity contribution in [1.82, 2.24) is 19.8 Å². The number of ether oxygens (including phenoxy) is 2. The normalized spacial score (nSPS) is 10.8. The van der Waals surface area contributed by atoms with Gasteiger partial charge in [0.2, 0.25) is 0 Å². The summed E-state index contributed by atoms with van der Waals surface area (Å²) in [6, 6.07) is 17.7. The first-order valence-corrected chi connectivity index (χ1v) is 9.62. The maximum atomic E-state index is 14.5. The third-order valence-electron chi connectivity index (χ3n) is 5.06. The molecule has 0 spiro atoms. The fraction of sp³-hybridized carbons (Fsp3) is 0.174. The molecule has 8 heteroatoms. The van der Waals surface area contributed by atoms with Gasteiger partial charge in [0.05, 0.1) is 12.8 Å². The minimum atomic E-state index is -0.468. The summed E-state index contributed by atoms with van der Waals surface area (Å²) in [6.45, 7) is 1.96. The van der Waals surface area contributed by atoms with Gasteiger partial charge in [-0.3, -0.25) is 0 Å². The number of rotatable bonds is 6. The topological polar surface area (TPSA) is 71.2 Å². The molecule has 0 aliphatic carbocycles. The minimum Gasteiger partial charge on any atom is -0.497 e. The molecular formula is C23H21FN4O3. The van der Waals surface area contributed by atoms with Gasteiger partial charge < -0.3 is 9.47 Å². The van der Waals surface area contributed by atoms with E-state index in [1.807, 2.05) is 43.3 Å². The lowest BCUT2D eigenvalue weighted by atomic mass is 10.0. The number of hydrogen-bond acceptors (Lipinski definition) is 5. The molecule has 7 nitrogen and oxygen atoms in total. The van der Waals surface area contributed by atoms with Gasteiger partial charge in [0, 0.05) is 12.6 Å². The summed E-state index contributed by atoms with van der Waals surface area (Å²) in [5.41, 5.74) is 3.51. The van der Waals surface area contributed by atoms with Gasteiger partial charge in [0.25, 0.3) is 0 Å². The SMILES string of the molecule is COc1ccc(-c2ccc(F)c(OCc3c(C)cccc3-n3nnn(C)c3=O)c2)cc1. The molecule has 158 valence electrons. The van der Waals surface area contributed by atoms with Crippen LogP contribution in [0.2, 0.25) is 0 Å². The predicted octanol–water partition coefficient (Wildman–Crippen LogP) is 3.67. The Kier molecular flexibility index (Phi) is 5.53. The molecule has 0 saturated heterocycles. The zero-order valence-electron chi connectivity index (χ0n) is 17.4. The number of methoxy groups -OCH3 is 1. The van der Waals surface area contributed by atoms with Crippen molar-refractivity contribution < 1.29 is 13.9 Å². The molecular weight excluding hydrogens is 399 g/mol. The molecule has 0 aliphatic rings. The fourth-order valence-electron chi connectivity index (χ4n) is 3.26.